The summed E-state index contributed by atoms with van der Waals surface area (Å²) in [5, 5.41) is 0. The molecule has 0 aromatic heterocycles. The van der Waals surface area contributed by atoms with E-state index >= 15 is 0 Å². The minimum atomic E-state index is -0.765. The highest BCUT2D eigenvalue weighted by Gasteiger charge is 2.19. The van der Waals surface area contributed by atoms with Gasteiger partial charge in [0.15, 0.2) is 6.10 Å². The van der Waals surface area contributed by atoms with Gasteiger partial charge in [0, 0.05) is 19.3 Å². The Labute approximate surface area is 380 Å². The van der Waals surface area contributed by atoms with Crippen LogP contribution in [0.1, 0.15) is 303 Å². The zero-order valence-corrected chi connectivity index (χ0v) is 41.2. The highest BCUT2D eigenvalue weighted by atomic mass is 16.6. The van der Waals surface area contributed by atoms with Crippen molar-refractivity contribution in [2.24, 2.45) is 0 Å². The number of hydrogen-bond donors (Lipinski definition) is 0. The second-order valence-corrected chi connectivity index (χ2v) is 18.5. The molecule has 0 aliphatic heterocycles. The summed E-state index contributed by atoms with van der Waals surface area (Å²) in [6, 6.07) is 0. The van der Waals surface area contributed by atoms with Crippen LogP contribution >= 0.6 is 0 Å². The van der Waals surface area contributed by atoms with Gasteiger partial charge in [-0.2, -0.15) is 0 Å². The molecule has 0 spiro atoms. The van der Waals surface area contributed by atoms with Gasteiger partial charge in [-0.25, -0.2) is 0 Å². The fourth-order valence-electron chi connectivity index (χ4n) is 8.14. The maximum Gasteiger partial charge on any atom is 0.306 e. The number of ether oxygens (including phenoxy) is 3. The molecule has 0 heterocycles. The lowest BCUT2D eigenvalue weighted by Gasteiger charge is -2.18. The molecule has 0 bridgehead atoms. The number of hydrogen-bond acceptors (Lipinski definition) is 6. The van der Waals surface area contributed by atoms with Crippen LogP contribution in [0.2, 0.25) is 0 Å². The van der Waals surface area contributed by atoms with Crippen LogP contribution in [-0.4, -0.2) is 37.2 Å². The molecule has 0 rings (SSSR count). The Bertz CT molecular complexity index is 947. The smallest absolute Gasteiger partial charge is 0.306 e. The molecule has 0 N–H and O–H groups in total. The number of unbranched alkanes of at least 4 members (excludes halogenated alkanes) is 37. The molecule has 0 fully saturated rings. The second kappa shape index (κ2) is 50.8. The average molecular weight is 861 g/mol. The Balaban J connectivity index is 4.32. The van der Waals surface area contributed by atoms with E-state index in [1.807, 2.05) is 0 Å². The van der Waals surface area contributed by atoms with Crippen molar-refractivity contribution in [3.63, 3.8) is 0 Å². The van der Waals surface area contributed by atoms with E-state index in [2.05, 4.69) is 32.9 Å². The largest absolute Gasteiger partial charge is 0.462 e. The summed E-state index contributed by atoms with van der Waals surface area (Å²) in [7, 11) is 0. The van der Waals surface area contributed by atoms with Crippen LogP contribution in [0, 0.1) is 0 Å². The summed E-state index contributed by atoms with van der Waals surface area (Å²) in [5.74, 6) is -0.850. The molecule has 0 saturated carbocycles. The molecule has 61 heavy (non-hydrogen) atoms. The van der Waals surface area contributed by atoms with E-state index in [0.717, 1.165) is 57.8 Å². The van der Waals surface area contributed by atoms with Crippen molar-refractivity contribution in [2.75, 3.05) is 13.2 Å². The van der Waals surface area contributed by atoms with Crippen molar-refractivity contribution in [1.29, 1.82) is 0 Å². The molecular weight excluding hydrogens is 757 g/mol. The van der Waals surface area contributed by atoms with Crippen molar-refractivity contribution in [3.8, 4) is 0 Å². The SMILES string of the molecule is CCCCCC/C=C\CCCCCCCCCC(=O)OC[C@H](COC(=O)CCCCCCCCCCCCCCCCC)OC(=O)CCCCCCCCCCCCCCC. The highest BCUT2D eigenvalue weighted by molar-refractivity contribution is 5.71. The molecule has 0 unspecified atom stereocenters. The van der Waals surface area contributed by atoms with Crippen molar-refractivity contribution < 1.29 is 28.6 Å². The third-order valence-electron chi connectivity index (χ3n) is 12.3. The van der Waals surface area contributed by atoms with Gasteiger partial charge in [0.1, 0.15) is 13.2 Å². The van der Waals surface area contributed by atoms with E-state index in [9.17, 15) is 14.4 Å². The monoisotopic (exact) mass is 861 g/mol. The first kappa shape index (κ1) is 59.1. The van der Waals surface area contributed by atoms with Crippen LogP contribution in [0.5, 0.6) is 0 Å². The van der Waals surface area contributed by atoms with Gasteiger partial charge in [-0.1, -0.05) is 251 Å². The number of carbonyl (C=O) groups excluding carboxylic acids is 3. The standard InChI is InChI=1S/C55H104O6/c1-4-7-10-13-16-19-22-25-27-30-32-35-38-41-44-47-53(56)59-50-52(61-55(58)49-46-43-40-37-34-29-24-21-18-15-12-9-6-3)51-60-54(57)48-45-42-39-36-33-31-28-26-23-20-17-14-11-8-5-2/h19,22,52H,4-18,20-21,23-51H2,1-3H3/b22-19-/t52-/m1/s1. The first-order valence-corrected chi connectivity index (χ1v) is 27.2. The maximum absolute atomic E-state index is 12.8. The molecular formula is C55H104O6. The Morgan fingerprint density at radius 2 is 0.541 bits per heavy atom. The summed E-state index contributed by atoms with van der Waals surface area (Å²) >= 11 is 0. The van der Waals surface area contributed by atoms with Crippen molar-refractivity contribution in [1.82, 2.24) is 0 Å². The summed E-state index contributed by atoms with van der Waals surface area (Å²) in [6.07, 6.45) is 56.2. The summed E-state index contributed by atoms with van der Waals surface area (Å²) < 4.78 is 16.8. The van der Waals surface area contributed by atoms with E-state index in [1.54, 1.807) is 0 Å². The Hall–Kier alpha value is -1.85. The molecule has 6 heteroatoms. The minimum absolute atomic E-state index is 0.0655. The molecule has 0 aromatic rings. The molecule has 0 radical (unpaired) electrons. The Kier molecular flexibility index (Phi) is 49.3. The van der Waals surface area contributed by atoms with Gasteiger partial charge in [-0.05, 0) is 44.9 Å². The molecule has 6 nitrogen and oxygen atoms in total. The maximum atomic E-state index is 12.8. The van der Waals surface area contributed by atoms with Crippen LogP contribution in [0.25, 0.3) is 0 Å². The first-order valence-electron chi connectivity index (χ1n) is 27.2. The lowest BCUT2D eigenvalue weighted by Crippen LogP contribution is -2.30. The zero-order valence-electron chi connectivity index (χ0n) is 41.2. The van der Waals surface area contributed by atoms with Crippen LogP contribution in [0.15, 0.2) is 12.2 Å². The molecule has 0 aliphatic carbocycles. The van der Waals surface area contributed by atoms with Gasteiger partial charge < -0.3 is 14.2 Å². The van der Waals surface area contributed by atoms with Crippen LogP contribution in [0.3, 0.4) is 0 Å². The van der Waals surface area contributed by atoms with Gasteiger partial charge >= 0.3 is 17.9 Å². The van der Waals surface area contributed by atoms with Crippen molar-refractivity contribution >= 4 is 17.9 Å². The van der Waals surface area contributed by atoms with E-state index in [4.69, 9.17) is 14.2 Å². The average Bonchev–Trinajstić information content (AvgIpc) is 3.26. The molecule has 0 aliphatic rings. The predicted molar refractivity (Wildman–Crippen MR) is 261 cm³/mol. The van der Waals surface area contributed by atoms with E-state index in [1.165, 1.54) is 205 Å². The van der Waals surface area contributed by atoms with Crippen molar-refractivity contribution in [2.45, 2.75) is 309 Å². The van der Waals surface area contributed by atoms with Crippen LogP contribution in [-0.2, 0) is 28.6 Å². The van der Waals surface area contributed by atoms with Gasteiger partial charge in [0.25, 0.3) is 0 Å². The van der Waals surface area contributed by atoms with E-state index in [-0.39, 0.29) is 31.1 Å². The molecule has 0 amide bonds. The predicted octanol–water partition coefficient (Wildman–Crippen LogP) is 17.8. The third kappa shape index (κ3) is 49.0. The number of carbonyl (C=O) groups is 3. The number of rotatable bonds is 50. The van der Waals surface area contributed by atoms with E-state index in [0.29, 0.717) is 19.3 Å². The minimum Gasteiger partial charge on any atom is -0.462 e. The number of allylic oxidation sites excluding steroid dienone is 2. The van der Waals surface area contributed by atoms with Gasteiger partial charge in [0.05, 0.1) is 0 Å². The van der Waals surface area contributed by atoms with E-state index < -0.39 is 6.10 Å². The topological polar surface area (TPSA) is 78.9 Å². The quantitative estimate of drug-likeness (QED) is 0.0262. The lowest BCUT2D eigenvalue weighted by molar-refractivity contribution is -0.167. The molecule has 360 valence electrons. The fraction of sp³-hybridized carbons (Fsp3) is 0.909. The fourth-order valence-corrected chi connectivity index (χ4v) is 8.14. The van der Waals surface area contributed by atoms with Crippen LogP contribution < -0.4 is 0 Å². The van der Waals surface area contributed by atoms with Crippen molar-refractivity contribution in [3.05, 3.63) is 12.2 Å². The second-order valence-electron chi connectivity index (χ2n) is 18.5. The third-order valence-corrected chi connectivity index (χ3v) is 12.3. The zero-order chi connectivity index (χ0) is 44.4. The van der Waals surface area contributed by atoms with Gasteiger partial charge in [-0.3, -0.25) is 14.4 Å². The van der Waals surface area contributed by atoms with Gasteiger partial charge in [-0.15, -0.1) is 0 Å². The Morgan fingerprint density at radius 3 is 0.836 bits per heavy atom. The highest BCUT2D eigenvalue weighted by Crippen LogP contribution is 2.17. The normalized spacial score (nSPS) is 12.0. The Morgan fingerprint density at radius 1 is 0.311 bits per heavy atom. The molecule has 0 aromatic carbocycles. The summed E-state index contributed by atoms with van der Waals surface area (Å²) in [5.41, 5.74) is 0. The summed E-state index contributed by atoms with van der Waals surface area (Å²) in [6.45, 7) is 6.67. The van der Waals surface area contributed by atoms with Gasteiger partial charge in [0.2, 0.25) is 0 Å². The molecule has 0 saturated heterocycles. The summed E-state index contributed by atoms with van der Waals surface area (Å²) in [4.78, 5) is 38.0. The first-order chi connectivity index (χ1) is 30.0. The number of esters is 3. The lowest BCUT2D eigenvalue weighted by atomic mass is 10.0. The molecule has 1 atom stereocenters. The van der Waals surface area contributed by atoms with Crippen LogP contribution in [0.4, 0.5) is 0 Å².